The molecule has 1 amide bonds. The molecular formula is C26H23N3O3S. The van der Waals surface area contributed by atoms with Crippen molar-refractivity contribution in [2.24, 2.45) is 0 Å². The molecule has 0 aliphatic carbocycles. The van der Waals surface area contributed by atoms with Crippen molar-refractivity contribution in [2.45, 2.75) is 6.42 Å². The summed E-state index contributed by atoms with van der Waals surface area (Å²) in [6, 6.07) is 21.0. The quantitative estimate of drug-likeness (QED) is 0.260. The van der Waals surface area contributed by atoms with E-state index in [9.17, 15) is 9.59 Å². The molecule has 0 aliphatic heterocycles. The first-order valence-electron chi connectivity index (χ1n) is 10.8. The van der Waals surface area contributed by atoms with E-state index in [1.807, 2.05) is 68.7 Å². The van der Waals surface area contributed by atoms with Crippen molar-refractivity contribution in [2.75, 3.05) is 32.1 Å². The minimum atomic E-state index is -0.637. The summed E-state index contributed by atoms with van der Waals surface area (Å²) in [5.41, 5.74) is 0.679. The molecule has 0 unspecified atom stereocenters. The second-order valence-corrected chi connectivity index (χ2v) is 9.23. The number of thiazole rings is 1. The van der Waals surface area contributed by atoms with E-state index in [0.29, 0.717) is 17.3 Å². The Morgan fingerprint density at radius 2 is 1.76 bits per heavy atom. The first-order chi connectivity index (χ1) is 16.0. The Morgan fingerprint density at radius 1 is 0.970 bits per heavy atom. The Morgan fingerprint density at radius 3 is 2.58 bits per heavy atom. The predicted octanol–water partition coefficient (Wildman–Crippen LogP) is 5.15. The number of para-hydroxylation sites is 1. The summed E-state index contributed by atoms with van der Waals surface area (Å²) in [6.07, 6.45) is 0.747. The molecule has 2 heterocycles. The van der Waals surface area contributed by atoms with Crippen molar-refractivity contribution in [3.8, 4) is 0 Å². The fourth-order valence-electron chi connectivity index (χ4n) is 3.97. The highest BCUT2D eigenvalue weighted by molar-refractivity contribution is 7.22. The van der Waals surface area contributed by atoms with Crippen LogP contribution in [0.1, 0.15) is 16.8 Å². The number of benzene rings is 3. The summed E-state index contributed by atoms with van der Waals surface area (Å²) < 4.78 is 6.58. The lowest BCUT2D eigenvalue weighted by Crippen LogP contribution is -2.36. The van der Waals surface area contributed by atoms with Crippen molar-refractivity contribution >= 4 is 54.3 Å². The van der Waals surface area contributed by atoms with E-state index in [4.69, 9.17) is 4.42 Å². The van der Waals surface area contributed by atoms with Gasteiger partial charge in [0.1, 0.15) is 11.1 Å². The van der Waals surface area contributed by atoms with Crippen LogP contribution < -0.4 is 10.5 Å². The third kappa shape index (κ3) is 4.13. The number of carbonyl (C=O) groups is 1. The van der Waals surface area contributed by atoms with Gasteiger partial charge in [-0.1, -0.05) is 53.8 Å². The van der Waals surface area contributed by atoms with Gasteiger partial charge >= 0.3 is 5.63 Å². The number of anilines is 1. The molecule has 33 heavy (non-hydrogen) atoms. The zero-order chi connectivity index (χ0) is 22.9. The van der Waals surface area contributed by atoms with Crippen LogP contribution in [0.4, 0.5) is 5.13 Å². The summed E-state index contributed by atoms with van der Waals surface area (Å²) in [7, 11) is 3.99. The molecule has 5 rings (SSSR count). The van der Waals surface area contributed by atoms with E-state index in [-0.39, 0.29) is 5.56 Å². The van der Waals surface area contributed by atoms with Gasteiger partial charge in [0.05, 0.1) is 10.2 Å². The van der Waals surface area contributed by atoms with Gasteiger partial charge in [0.25, 0.3) is 5.91 Å². The van der Waals surface area contributed by atoms with Crippen LogP contribution in [0.25, 0.3) is 32.0 Å². The number of rotatable bonds is 6. The minimum Gasteiger partial charge on any atom is -0.422 e. The molecular weight excluding hydrogens is 434 g/mol. The number of hydrogen-bond donors (Lipinski definition) is 0. The number of aromatic nitrogens is 1. The molecule has 6 nitrogen and oxygen atoms in total. The van der Waals surface area contributed by atoms with E-state index < -0.39 is 11.5 Å². The third-order valence-electron chi connectivity index (χ3n) is 5.62. The van der Waals surface area contributed by atoms with Gasteiger partial charge in [-0.15, -0.1) is 0 Å². The van der Waals surface area contributed by atoms with Crippen LogP contribution in [0.3, 0.4) is 0 Å². The van der Waals surface area contributed by atoms with Crippen LogP contribution >= 0.6 is 11.3 Å². The van der Waals surface area contributed by atoms with Gasteiger partial charge in [-0.25, -0.2) is 9.78 Å². The maximum atomic E-state index is 13.7. The van der Waals surface area contributed by atoms with Gasteiger partial charge in [0.2, 0.25) is 0 Å². The fraction of sp³-hybridized carbons (Fsp3) is 0.192. The van der Waals surface area contributed by atoms with Crippen LogP contribution in [0.2, 0.25) is 0 Å². The van der Waals surface area contributed by atoms with Gasteiger partial charge in [-0.3, -0.25) is 9.69 Å². The largest absolute Gasteiger partial charge is 0.422 e. The summed E-state index contributed by atoms with van der Waals surface area (Å²) in [5, 5.41) is 3.28. The van der Waals surface area contributed by atoms with Crippen molar-refractivity contribution in [3.63, 3.8) is 0 Å². The normalized spacial score (nSPS) is 11.6. The van der Waals surface area contributed by atoms with Crippen molar-refractivity contribution in [1.29, 1.82) is 0 Å². The van der Waals surface area contributed by atoms with E-state index in [0.717, 1.165) is 39.3 Å². The van der Waals surface area contributed by atoms with Gasteiger partial charge in [0.15, 0.2) is 5.13 Å². The lowest BCUT2D eigenvalue weighted by Gasteiger charge is -2.20. The number of carbonyl (C=O) groups excluding carboxylic acids is 1. The first-order valence-corrected chi connectivity index (χ1v) is 11.6. The molecule has 3 aromatic carbocycles. The molecule has 0 bridgehead atoms. The van der Waals surface area contributed by atoms with Gasteiger partial charge in [0, 0.05) is 11.9 Å². The molecule has 0 radical (unpaired) electrons. The monoisotopic (exact) mass is 457 g/mol. The molecule has 0 saturated heterocycles. The smallest absolute Gasteiger partial charge is 0.349 e. The van der Waals surface area contributed by atoms with E-state index >= 15 is 0 Å². The number of fused-ring (bicyclic) bond motifs is 4. The Balaban J connectivity index is 1.61. The average Bonchev–Trinajstić information content (AvgIpc) is 3.24. The lowest BCUT2D eigenvalue weighted by atomic mass is 10.0. The van der Waals surface area contributed by atoms with E-state index in [2.05, 4.69) is 9.88 Å². The summed E-state index contributed by atoms with van der Waals surface area (Å²) in [4.78, 5) is 34.9. The number of hydrogen-bond acceptors (Lipinski definition) is 6. The van der Waals surface area contributed by atoms with Gasteiger partial charge in [-0.2, -0.15) is 0 Å². The predicted molar refractivity (Wildman–Crippen MR) is 134 cm³/mol. The molecule has 2 aromatic heterocycles. The third-order valence-corrected chi connectivity index (χ3v) is 6.68. The molecule has 0 fully saturated rings. The molecule has 0 saturated carbocycles. The molecule has 0 N–H and O–H groups in total. The zero-order valence-corrected chi connectivity index (χ0v) is 19.3. The Kier molecular flexibility index (Phi) is 5.66. The Bertz CT molecular complexity index is 1500. The average molecular weight is 458 g/mol. The maximum absolute atomic E-state index is 13.7. The van der Waals surface area contributed by atoms with Crippen LogP contribution in [0, 0.1) is 0 Å². The second kappa shape index (κ2) is 8.77. The standard InChI is InChI=1S/C26H23N3O3S/c1-28(2)14-7-15-29(26-27-21-10-5-6-11-23(21)33-26)24(30)20-16-19-18-9-4-3-8-17(18)12-13-22(19)32-25(20)31/h3-6,8-13,16H,7,14-15H2,1-2H3. The van der Waals surface area contributed by atoms with Crippen LogP contribution in [-0.2, 0) is 0 Å². The molecule has 0 aliphatic rings. The van der Waals surface area contributed by atoms with Crippen LogP contribution in [-0.4, -0.2) is 43.0 Å². The van der Waals surface area contributed by atoms with Crippen LogP contribution in [0.15, 0.2) is 75.9 Å². The lowest BCUT2D eigenvalue weighted by molar-refractivity contribution is 0.0982. The Hall–Kier alpha value is -3.55. The van der Waals surface area contributed by atoms with Crippen molar-refractivity contribution < 1.29 is 9.21 Å². The molecule has 5 aromatic rings. The highest BCUT2D eigenvalue weighted by Crippen LogP contribution is 2.30. The number of nitrogens with zero attached hydrogens (tertiary/aromatic N) is 3. The molecule has 0 atom stereocenters. The summed E-state index contributed by atoms with van der Waals surface area (Å²) >= 11 is 1.45. The fourth-order valence-corrected chi connectivity index (χ4v) is 4.96. The molecule has 7 heteroatoms. The highest BCUT2D eigenvalue weighted by atomic mass is 32.1. The minimum absolute atomic E-state index is 0.0166. The summed E-state index contributed by atoms with van der Waals surface area (Å²) in [6.45, 7) is 1.26. The molecule has 0 spiro atoms. The molecule has 166 valence electrons. The SMILES string of the molecule is CN(C)CCCN(C(=O)c1cc2c(ccc3ccccc32)oc1=O)c1nc2ccccc2s1. The van der Waals surface area contributed by atoms with E-state index in [1.54, 1.807) is 17.0 Å². The van der Waals surface area contributed by atoms with Gasteiger partial charge in [-0.05, 0) is 62.1 Å². The van der Waals surface area contributed by atoms with Crippen molar-refractivity contribution in [1.82, 2.24) is 9.88 Å². The first kappa shape index (κ1) is 21.3. The highest BCUT2D eigenvalue weighted by Gasteiger charge is 2.25. The summed E-state index contributed by atoms with van der Waals surface area (Å²) in [5.74, 6) is -0.392. The van der Waals surface area contributed by atoms with Crippen molar-refractivity contribution in [3.05, 3.63) is 82.7 Å². The second-order valence-electron chi connectivity index (χ2n) is 8.22. The maximum Gasteiger partial charge on any atom is 0.349 e. The van der Waals surface area contributed by atoms with Gasteiger partial charge < -0.3 is 9.32 Å². The zero-order valence-electron chi connectivity index (χ0n) is 18.4. The topological polar surface area (TPSA) is 66.7 Å². The van der Waals surface area contributed by atoms with Crippen LogP contribution in [0.5, 0.6) is 0 Å². The Labute approximate surface area is 194 Å². The number of amides is 1. The van der Waals surface area contributed by atoms with E-state index in [1.165, 1.54) is 11.3 Å².